The number of rotatable bonds is 2. The van der Waals surface area contributed by atoms with Crippen LogP contribution in [0.2, 0.25) is 0 Å². The topological polar surface area (TPSA) is 49.8 Å². The maximum Gasteiger partial charge on any atom is 0.167 e. The van der Waals surface area contributed by atoms with Crippen LogP contribution in [0.4, 0.5) is 0 Å². The van der Waals surface area contributed by atoms with E-state index in [1.54, 1.807) is 0 Å². The summed E-state index contributed by atoms with van der Waals surface area (Å²) in [4.78, 5) is 0. The Labute approximate surface area is 79.3 Å². The number of nitriles is 1. The van der Waals surface area contributed by atoms with Crippen molar-refractivity contribution < 1.29 is 4.52 Å². The van der Waals surface area contributed by atoms with Crippen LogP contribution in [0.1, 0.15) is 5.69 Å². The van der Waals surface area contributed by atoms with E-state index in [4.69, 9.17) is 9.78 Å². The van der Waals surface area contributed by atoms with Crippen LogP contribution >= 0.6 is 11.8 Å². The van der Waals surface area contributed by atoms with Crippen LogP contribution in [0.5, 0.6) is 0 Å². The Kier molecular flexibility index (Phi) is 2.19. The van der Waals surface area contributed by atoms with Gasteiger partial charge in [-0.05, 0) is 23.9 Å². The van der Waals surface area contributed by atoms with Gasteiger partial charge in [0.25, 0.3) is 0 Å². The maximum absolute atomic E-state index is 8.39. The summed E-state index contributed by atoms with van der Waals surface area (Å²) in [5.41, 5.74) is 1.61. The third-order valence-corrected chi connectivity index (χ3v) is 2.27. The van der Waals surface area contributed by atoms with Gasteiger partial charge >= 0.3 is 0 Å². The van der Waals surface area contributed by atoms with Gasteiger partial charge in [-0.2, -0.15) is 5.26 Å². The summed E-state index contributed by atoms with van der Waals surface area (Å²) < 4.78 is 5.07. The molecule has 0 spiro atoms. The normalized spacial score (nSPS) is 10.1. The lowest BCUT2D eigenvalue weighted by Gasteiger charge is -1.87. The van der Waals surface area contributed by atoms with E-state index in [2.05, 4.69) is 5.16 Å². The second-order valence-corrected chi connectivity index (χ2v) is 3.27. The van der Waals surface area contributed by atoms with E-state index >= 15 is 0 Å². The third-order valence-electron chi connectivity index (χ3n) is 1.73. The number of hydrogen-bond acceptors (Lipinski definition) is 4. The second kappa shape index (κ2) is 3.50. The van der Waals surface area contributed by atoms with Crippen LogP contribution in [0, 0.1) is 10.7 Å². The fraction of sp³-hybridized carbons (Fsp3) is 0.111. The molecule has 1 aromatic heterocycles. The molecule has 0 bridgehead atoms. The molecule has 0 radical (unpaired) electrons. The fourth-order valence-electron chi connectivity index (χ4n) is 1.14. The van der Waals surface area contributed by atoms with E-state index in [1.165, 1.54) is 0 Å². The van der Waals surface area contributed by atoms with Crippen molar-refractivity contribution in [3.8, 4) is 5.40 Å². The number of para-hydroxylation sites is 1. The minimum atomic E-state index is 0.577. The predicted octanol–water partition coefficient (Wildman–Crippen LogP) is 2.54. The van der Waals surface area contributed by atoms with Gasteiger partial charge in [0, 0.05) is 5.39 Å². The fourth-order valence-corrected chi connectivity index (χ4v) is 1.55. The van der Waals surface area contributed by atoms with Gasteiger partial charge in [-0.25, -0.2) is 0 Å². The lowest BCUT2D eigenvalue weighted by Crippen LogP contribution is -1.78. The van der Waals surface area contributed by atoms with E-state index in [0.29, 0.717) is 5.75 Å². The van der Waals surface area contributed by atoms with Crippen LogP contribution < -0.4 is 0 Å². The standard InChI is InChI=1S/C9H6N2OS/c10-6-13-5-8-7-3-1-2-4-9(7)12-11-8/h1-4H,5H2. The first kappa shape index (κ1) is 8.14. The molecule has 13 heavy (non-hydrogen) atoms. The van der Waals surface area contributed by atoms with Crippen LogP contribution in [0.15, 0.2) is 28.8 Å². The van der Waals surface area contributed by atoms with E-state index in [0.717, 1.165) is 28.4 Å². The quantitative estimate of drug-likeness (QED) is 0.683. The first-order valence-corrected chi connectivity index (χ1v) is 4.74. The number of hydrogen-bond donors (Lipinski definition) is 0. The molecule has 0 N–H and O–H groups in total. The Bertz CT molecular complexity index is 458. The number of benzene rings is 1. The Morgan fingerprint density at radius 3 is 3.15 bits per heavy atom. The zero-order chi connectivity index (χ0) is 9.10. The molecule has 4 heteroatoms. The molecule has 3 nitrogen and oxygen atoms in total. The molecule has 1 heterocycles. The van der Waals surface area contributed by atoms with E-state index < -0.39 is 0 Å². The number of nitrogens with zero attached hydrogens (tertiary/aromatic N) is 2. The van der Waals surface area contributed by atoms with Gasteiger partial charge in [-0.3, -0.25) is 0 Å². The molecule has 0 aliphatic carbocycles. The van der Waals surface area contributed by atoms with E-state index in [9.17, 15) is 0 Å². The predicted molar refractivity (Wildman–Crippen MR) is 50.9 cm³/mol. The highest BCUT2D eigenvalue weighted by Gasteiger charge is 2.06. The Hall–Kier alpha value is -1.47. The lowest BCUT2D eigenvalue weighted by atomic mass is 10.2. The minimum Gasteiger partial charge on any atom is -0.356 e. The van der Waals surface area contributed by atoms with Gasteiger partial charge in [0.1, 0.15) is 11.1 Å². The van der Waals surface area contributed by atoms with Gasteiger partial charge < -0.3 is 4.52 Å². The molecule has 0 fully saturated rings. The molecule has 0 aliphatic rings. The molecule has 0 saturated heterocycles. The summed E-state index contributed by atoms with van der Waals surface area (Å²) in [6.45, 7) is 0. The van der Waals surface area contributed by atoms with Crippen molar-refractivity contribution in [3.05, 3.63) is 30.0 Å². The number of aromatic nitrogens is 1. The molecule has 2 aromatic rings. The van der Waals surface area contributed by atoms with Crippen molar-refractivity contribution in [1.82, 2.24) is 5.16 Å². The molecule has 0 aliphatic heterocycles. The van der Waals surface area contributed by atoms with E-state index in [1.807, 2.05) is 29.7 Å². The van der Waals surface area contributed by atoms with Crippen molar-refractivity contribution in [2.75, 3.05) is 0 Å². The van der Waals surface area contributed by atoms with Crippen molar-refractivity contribution in [2.45, 2.75) is 5.75 Å². The summed E-state index contributed by atoms with van der Waals surface area (Å²) in [6.07, 6.45) is 0. The number of thiocyanates is 1. The van der Waals surface area contributed by atoms with Crippen molar-refractivity contribution >= 4 is 22.7 Å². The number of thioether (sulfide) groups is 1. The highest BCUT2D eigenvalue weighted by atomic mass is 32.2. The highest BCUT2D eigenvalue weighted by molar-refractivity contribution is 8.02. The molecule has 0 atom stereocenters. The van der Waals surface area contributed by atoms with Crippen molar-refractivity contribution in [2.24, 2.45) is 0 Å². The average molecular weight is 190 g/mol. The highest BCUT2D eigenvalue weighted by Crippen LogP contribution is 2.21. The smallest absolute Gasteiger partial charge is 0.167 e. The molecule has 64 valence electrons. The molecule has 0 amide bonds. The molecule has 1 aromatic carbocycles. The van der Waals surface area contributed by atoms with Crippen LogP contribution in [0.25, 0.3) is 11.0 Å². The summed E-state index contributed by atoms with van der Waals surface area (Å²) in [5.74, 6) is 0.577. The van der Waals surface area contributed by atoms with Gasteiger partial charge in [-0.1, -0.05) is 17.3 Å². The monoisotopic (exact) mass is 190 g/mol. The Morgan fingerprint density at radius 1 is 1.46 bits per heavy atom. The lowest BCUT2D eigenvalue weighted by molar-refractivity contribution is 0.449. The van der Waals surface area contributed by atoms with Gasteiger partial charge in [0.2, 0.25) is 0 Å². The van der Waals surface area contributed by atoms with Crippen molar-refractivity contribution in [3.63, 3.8) is 0 Å². The summed E-state index contributed by atoms with van der Waals surface area (Å²) in [5, 5.41) is 15.3. The van der Waals surface area contributed by atoms with Gasteiger partial charge in [0.05, 0.1) is 5.75 Å². The molecule has 0 saturated carbocycles. The van der Waals surface area contributed by atoms with Crippen LogP contribution in [0.3, 0.4) is 0 Å². The first-order valence-electron chi connectivity index (χ1n) is 3.76. The Morgan fingerprint density at radius 2 is 2.31 bits per heavy atom. The van der Waals surface area contributed by atoms with Crippen molar-refractivity contribution in [1.29, 1.82) is 5.26 Å². The summed E-state index contributed by atoms with van der Waals surface area (Å²) >= 11 is 1.16. The van der Waals surface area contributed by atoms with Crippen LogP contribution in [-0.2, 0) is 5.75 Å². The molecular weight excluding hydrogens is 184 g/mol. The van der Waals surface area contributed by atoms with Gasteiger partial charge in [-0.15, -0.1) is 0 Å². The molecule has 0 unspecified atom stereocenters. The zero-order valence-corrected chi connectivity index (χ0v) is 7.54. The molecule has 2 rings (SSSR count). The SMILES string of the molecule is N#CSCc1noc2ccccc12. The first-order chi connectivity index (χ1) is 6.42. The maximum atomic E-state index is 8.39. The minimum absolute atomic E-state index is 0.577. The largest absolute Gasteiger partial charge is 0.356 e. The van der Waals surface area contributed by atoms with Crippen LogP contribution in [-0.4, -0.2) is 5.16 Å². The number of fused-ring (bicyclic) bond motifs is 1. The second-order valence-electron chi connectivity index (χ2n) is 2.51. The third kappa shape index (κ3) is 1.51. The van der Waals surface area contributed by atoms with E-state index in [-0.39, 0.29) is 0 Å². The molecular formula is C9H6N2OS. The van der Waals surface area contributed by atoms with Gasteiger partial charge in [0.15, 0.2) is 5.58 Å². The zero-order valence-electron chi connectivity index (χ0n) is 6.73. The average Bonchev–Trinajstić information content (AvgIpc) is 2.58. The Balaban J connectivity index is 2.41. The summed E-state index contributed by atoms with van der Waals surface area (Å²) in [7, 11) is 0. The summed E-state index contributed by atoms with van der Waals surface area (Å²) in [6, 6.07) is 7.64.